The standard InChI is InChI=1S/C8H5ClFNO2/c9-7-3-5(1-2-8(12)13)6(10)4-11-7/h1-4H,(H,12,13). The van der Waals surface area contributed by atoms with Crippen LogP contribution >= 0.6 is 11.6 Å². The van der Waals surface area contributed by atoms with E-state index in [1.807, 2.05) is 0 Å². The highest BCUT2D eigenvalue weighted by Crippen LogP contribution is 2.12. The van der Waals surface area contributed by atoms with Crippen LogP contribution in [0.15, 0.2) is 18.3 Å². The van der Waals surface area contributed by atoms with Gasteiger partial charge in [-0.3, -0.25) is 0 Å². The van der Waals surface area contributed by atoms with Crippen LogP contribution in [0.25, 0.3) is 6.08 Å². The Morgan fingerprint density at radius 2 is 2.38 bits per heavy atom. The predicted octanol–water partition coefficient (Wildman–Crippen LogP) is 1.97. The van der Waals surface area contributed by atoms with Crippen LogP contribution in [-0.2, 0) is 4.79 Å². The topological polar surface area (TPSA) is 50.2 Å². The zero-order chi connectivity index (χ0) is 9.84. The highest BCUT2D eigenvalue weighted by Gasteiger charge is 2.00. The van der Waals surface area contributed by atoms with Gasteiger partial charge in [0, 0.05) is 11.6 Å². The summed E-state index contributed by atoms with van der Waals surface area (Å²) in [7, 11) is 0. The van der Waals surface area contributed by atoms with Crippen molar-refractivity contribution in [3.63, 3.8) is 0 Å². The largest absolute Gasteiger partial charge is 0.478 e. The van der Waals surface area contributed by atoms with Crippen molar-refractivity contribution in [2.45, 2.75) is 0 Å². The van der Waals surface area contributed by atoms with Gasteiger partial charge in [-0.05, 0) is 12.1 Å². The number of aromatic nitrogens is 1. The van der Waals surface area contributed by atoms with Crippen LogP contribution in [0.2, 0.25) is 5.15 Å². The van der Waals surface area contributed by atoms with E-state index in [0.29, 0.717) is 0 Å². The Labute approximate surface area is 78.5 Å². The summed E-state index contributed by atoms with van der Waals surface area (Å²) in [5.74, 6) is -1.76. The average Bonchev–Trinajstić information content (AvgIpc) is 2.06. The molecule has 0 aliphatic heterocycles. The number of rotatable bonds is 2. The number of nitrogens with zero attached hydrogens (tertiary/aromatic N) is 1. The first kappa shape index (κ1) is 9.67. The van der Waals surface area contributed by atoms with Gasteiger partial charge < -0.3 is 5.11 Å². The fourth-order valence-corrected chi connectivity index (χ4v) is 0.883. The van der Waals surface area contributed by atoms with Gasteiger partial charge in [0.1, 0.15) is 11.0 Å². The molecule has 0 saturated heterocycles. The zero-order valence-electron chi connectivity index (χ0n) is 6.37. The minimum absolute atomic E-state index is 0.0994. The van der Waals surface area contributed by atoms with Crippen LogP contribution in [-0.4, -0.2) is 16.1 Å². The Balaban J connectivity index is 3.00. The Hall–Kier alpha value is -1.42. The molecule has 13 heavy (non-hydrogen) atoms. The van der Waals surface area contributed by atoms with Gasteiger partial charge in [-0.25, -0.2) is 14.2 Å². The minimum Gasteiger partial charge on any atom is -0.478 e. The SMILES string of the molecule is O=C(O)C=Cc1cc(Cl)ncc1F. The zero-order valence-corrected chi connectivity index (χ0v) is 7.12. The average molecular weight is 202 g/mol. The Morgan fingerprint density at radius 1 is 1.69 bits per heavy atom. The molecule has 0 aromatic carbocycles. The van der Waals surface area contributed by atoms with Crippen LogP contribution in [0.1, 0.15) is 5.56 Å². The first-order valence-corrected chi connectivity index (χ1v) is 3.69. The van der Waals surface area contributed by atoms with Crippen molar-refractivity contribution in [1.29, 1.82) is 0 Å². The summed E-state index contributed by atoms with van der Waals surface area (Å²) in [6.45, 7) is 0. The van der Waals surface area contributed by atoms with Gasteiger partial charge >= 0.3 is 5.97 Å². The maximum atomic E-state index is 12.9. The Bertz CT molecular complexity index is 365. The van der Waals surface area contributed by atoms with E-state index in [-0.39, 0.29) is 10.7 Å². The van der Waals surface area contributed by atoms with E-state index in [0.717, 1.165) is 18.3 Å². The number of carbonyl (C=O) groups is 1. The molecule has 1 N–H and O–H groups in total. The van der Waals surface area contributed by atoms with E-state index in [9.17, 15) is 9.18 Å². The third-order valence-electron chi connectivity index (χ3n) is 1.26. The summed E-state index contributed by atoms with van der Waals surface area (Å²) in [6.07, 6.45) is 2.88. The fraction of sp³-hybridized carbons (Fsp3) is 0. The van der Waals surface area contributed by atoms with E-state index in [1.165, 1.54) is 6.07 Å². The van der Waals surface area contributed by atoms with Crippen molar-refractivity contribution in [2.75, 3.05) is 0 Å². The van der Waals surface area contributed by atoms with Gasteiger partial charge in [0.25, 0.3) is 0 Å². The monoisotopic (exact) mass is 201 g/mol. The molecular formula is C8H5ClFNO2. The number of aliphatic carboxylic acids is 1. The molecule has 0 spiro atoms. The van der Waals surface area contributed by atoms with Gasteiger partial charge in [0.15, 0.2) is 0 Å². The van der Waals surface area contributed by atoms with E-state index in [1.54, 1.807) is 0 Å². The molecule has 0 atom stereocenters. The van der Waals surface area contributed by atoms with Crippen LogP contribution in [0, 0.1) is 5.82 Å². The molecule has 0 aliphatic rings. The molecule has 0 unspecified atom stereocenters. The molecule has 1 aromatic rings. The number of hydrogen-bond acceptors (Lipinski definition) is 2. The third-order valence-corrected chi connectivity index (χ3v) is 1.46. The van der Waals surface area contributed by atoms with E-state index in [4.69, 9.17) is 16.7 Å². The van der Waals surface area contributed by atoms with Gasteiger partial charge in [0.2, 0.25) is 0 Å². The first-order valence-electron chi connectivity index (χ1n) is 3.31. The molecule has 0 aliphatic carbocycles. The summed E-state index contributed by atoms with van der Waals surface area (Å²) >= 11 is 5.47. The normalized spacial score (nSPS) is 10.6. The fourth-order valence-electron chi connectivity index (χ4n) is 0.716. The summed E-state index contributed by atoms with van der Waals surface area (Å²) < 4.78 is 12.9. The predicted molar refractivity (Wildman–Crippen MR) is 45.9 cm³/mol. The molecule has 1 aromatic heterocycles. The molecule has 0 radical (unpaired) electrons. The van der Waals surface area contributed by atoms with Crippen molar-refractivity contribution in [2.24, 2.45) is 0 Å². The Morgan fingerprint density at radius 3 is 3.00 bits per heavy atom. The molecule has 0 fully saturated rings. The summed E-state index contributed by atoms with van der Waals surface area (Å²) in [5, 5.41) is 8.39. The molecule has 1 rings (SSSR count). The maximum absolute atomic E-state index is 12.9. The van der Waals surface area contributed by atoms with E-state index < -0.39 is 11.8 Å². The van der Waals surface area contributed by atoms with Crippen molar-refractivity contribution < 1.29 is 14.3 Å². The van der Waals surface area contributed by atoms with Crippen molar-refractivity contribution >= 4 is 23.6 Å². The van der Waals surface area contributed by atoms with Crippen molar-refractivity contribution in [3.8, 4) is 0 Å². The molecule has 0 amide bonds. The van der Waals surface area contributed by atoms with Crippen LogP contribution in [0.3, 0.4) is 0 Å². The quantitative estimate of drug-likeness (QED) is 0.588. The number of carboxylic acids is 1. The molecule has 3 nitrogen and oxygen atoms in total. The van der Waals surface area contributed by atoms with Gasteiger partial charge in [-0.2, -0.15) is 0 Å². The smallest absolute Gasteiger partial charge is 0.328 e. The highest BCUT2D eigenvalue weighted by atomic mass is 35.5. The van der Waals surface area contributed by atoms with Crippen LogP contribution in [0.4, 0.5) is 4.39 Å². The second-order valence-corrected chi connectivity index (χ2v) is 2.59. The van der Waals surface area contributed by atoms with Gasteiger partial charge in [-0.15, -0.1) is 0 Å². The Kier molecular flexibility index (Phi) is 2.97. The molecular weight excluding hydrogens is 197 g/mol. The molecule has 0 bridgehead atoms. The number of halogens is 2. The molecule has 68 valence electrons. The lowest BCUT2D eigenvalue weighted by molar-refractivity contribution is -0.131. The maximum Gasteiger partial charge on any atom is 0.328 e. The van der Waals surface area contributed by atoms with E-state index >= 15 is 0 Å². The third kappa shape index (κ3) is 2.83. The number of carboxylic acid groups (broad SMARTS) is 1. The second-order valence-electron chi connectivity index (χ2n) is 2.20. The highest BCUT2D eigenvalue weighted by molar-refractivity contribution is 6.29. The van der Waals surface area contributed by atoms with Crippen molar-refractivity contribution in [1.82, 2.24) is 4.98 Å². The first-order chi connectivity index (χ1) is 6.09. The van der Waals surface area contributed by atoms with Gasteiger partial charge in [0.05, 0.1) is 6.20 Å². The minimum atomic E-state index is -1.15. The van der Waals surface area contributed by atoms with E-state index in [2.05, 4.69) is 4.98 Å². The summed E-state index contributed by atoms with van der Waals surface area (Å²) in [5.41, 5.74) is 0.0994. The number of hydrogen-bond donors (Lipinski definition) is 1. The second kappa shape index (κ2) is 4.00. The lowest BCUT2D eigenvalue weighted by Crippen LogP contribution is -1.88. The molecule has 1 heterocycles. The molecule has 0 saturated carbocycles. The van der Waals surface area contributed by atoms with Crippen LogP contribution < -0.4 is 0 Å². The number of pyridine rings is 1. The summed E-state index contributed by atoms with van der Waals surface area (Å²) in [6, 6.07) is 1.25. The molecule has 5 heteroatoms. The lowest BCUT2D eigenvalue weighted by atomic mass is 10.2. The van der Waals surface area contributed by atoms with Gasteiger partial charge in [-0.1, -0.05) is 11.6 Å². The van der Waals surface area contributed by atoms with Crippen molar-refractivity contribution in [3.05, 3.63) is 34.9 Å². The summed E-state index contributed by atoms with van der Waals surface area (Å²) in [4.78, 5) is 13.6. The van der Waals surface area contributed by atoms with Crippen LogP contribution in [0.5, 0.6) is 0 Å². The lowest BCUT2D eigenvalue weighted by Gasteiger charge is -1.95.